The van der Waals surface area contributed by atoms with Gasteiger partial charge in [0.2, 0.25) is 5.91 Å². The molecule has 1 atom stereocenters. The molecule has 1 unspecified atom stereocenters. The maximum Gasteiger partial charge on any atom is 0.325 e. The molecular weight excluding hydrogens is 299 g/mol. The van der Waals surface area contributed by atoms with E-state index in [0.717, 1.165) is 0 Å². The first kappa shape index (κ1) is 19.3. The van der Waals surface area contributed by atoms with Crippen LogP contribution >= 0.6 is 12.4 Å². The summed E-state index contributed by atoms with van der Waals surface area (Å²) in [5.74, 6) is -1.21. The number of rotatable bonds is 6. The van der Waals surface area contributed by atoms with Crippen LogP contribution in [0.2, 0.25) is 0 Å². The second kappa shape index (κ2) is 9.31. The summed E-state index contributed by atoms with van der Waals surface area (Å²) in [7, 11) is 0. The highest BCUT2D eigenvalue weighted by Crippen LogP contribution is 2.08. The predicted octanol–water partition coefficient (Wildman–Crippen LogP) is 1.49. The predicted molar refractivity (Wildman–Crippen MR) is 79.3 cm³/mol. The highest BCUT2D eigenvalue weighted by atomic mass is 35.5. The highest BCUT2D eigenvalue weighted by molar-refractivity contribution is 5.85. The molecule has 1 amide bonds. The highest BCUT2D eigenvalue weighted by Gasteiger charge is 2.21. The number of carbonyl (C=O) groups is 2. The minimum absolute atomic E-state index is 0. The van der Waals surface area contributed by atoms with Crippen LogP contribution in [0.25, 0.3) is 0 Å². The van der Waals surface area contributed by atoms with Gasteiger partial charge in [0.1, 0.15) is 12.4 Å². The number of esters is 1. The monoisotopic (exact) mass is 318 g/mol. The molecule has 0 aliphatic carbocycles. The number of amides is 1. The molecule has 2 N–H and O–H groups in total. The van der Waals surface area contributed by atoms with E-state index in [1.807, 2.05) is 0 Å². The van der Waals surface area contributed by atoms with E-state index in [2.05, 4.69) is 0 Å². The lowest BCUT2D eigenvalue weighted by Crippen LogP contribution is -2.44. The number of nitrogens with two attached hydrogens (primary N) is 1. The van der Waals surface area contributed by atoms with Crippen LogP contribution in [-0.2, 0) is 20.9 Å². The minimum atomic E-state index is -0.718. The van der Waals surface area contributed by atoms with E-state index in [-0.39, 0.29) is 43.8 Å². The van der Waals surface area contributed by atoms with Crippen LogP contribution in [0, 0.1) is 5.82 Å². The zero-order valence-electron chi connectivity index (χ0n) is 12.0. The van der Waals surface area contributed by atoms with Crippen molar-refractivity contribution >= 4 is 24.3 Å². The summed E-state index contributed by atoms with van der Waals surface area (Å²) in [4.78, 5) is 24.8. The number of ether oxygens (including phenoxy) is 1. The first-order valence-corrected chi connectivity index (χ1v) is 6.38. The Kier molecular flexibility index (Phi) is 8.57. The molecule has 1 aromatic carbocycles. The smallest absolute Gasteiger partial charge is 0.325 e. The number of carbonyl (C=O) groups excluding carboxylic acids is 2. The molecule has 0 saturated carbocycles. The SMILES string of the molecule is CCOC(=O)CN(Cc1ccc(F)cc1)C(=O)C(C)N.Cl. The summed E-state index contributed by atoms with van der Waals surface area (Å²) >= 11 is 0. The van der Waals surface area contributed by atoms with Crippen LogP contribution < -0.4 is 5.73 Å². The Morgan fingerprint density at radius 3 is 2.38 bits per heavy atom. The average Bonchev–Trinajstić information content (AvgIpc) is 2.39. The van der Waals surface area contributed by atoms with Crippen LogP contribution in [-0.4, -0.2) is 36.0 Å². The third-order valence-corrected chi connectivity index (χ3v) is 2.61. The van der Waals surface area contributed by atoms with Gasteiger partial charge in [0.25, 0.3) is 0 Å². The fourth-order valence-corrected chi connectivity index (χ4v) is 1.67. The van der Waals surface area contributed by atoms with Crippen molar-refractivity contribution in [2.45, 2.75) is 26.4 Å². The molecule has 0 heterocycles. The first-order chi connectivity index (χ1) is 9.43. The molecule has 7 heteroatoms. The molecule has 0 bridgehead atoms. The molecule has 0 saturated heterocycles. The van der Waals surface area contributed by atoms with Crippen LogP contribution in [0.1, 0.15) is 19.4 Å². The molecule has 0 spiro atoms. The maximum absolute atomic E-state index is 12.8. The molecule has 1 rings (SSSR count). The van der Waals surface area contributed by atoms with Crippen LogP contribution in [0.3, 0.4) is 0 Å². The summed E-state index contributed by atoms with van der Waals surface area (Å²) in [6.07, 6.45) is 0. The lowest BCUT2D eigenvalue weighted by molar-refractivity contribution is -0.149. The van der Waals surface area contributed by atoms with Crippen LogP contribution in [0.15, 0.2) is 24.3 Å². The zero-order chi connectivity index (χ0) is 15.1. The van der Waals surface area contributed by atoms with Crippen molar-refractivity contribution in [3.63, 3.8) is 0 Å². The zero-order valence-corrected chi connectivity index (χ0v) is 12.9. The van der Waals surface area contributed by atoms with Crippen molar-refractivity contribution in [1.82, 2.24) is 4.90 Å². The second-order valence-corrected chi connectivity index (χ2v) is 4.41. The van der Waals surface area contributed by atoms with Gasteiger partial charge in [-0.1, -0.05) is 12.1 Å². The van der Waals surface area contributed by atoms with Crippen molar-refractivity contribution in [2.75, 3.05) is 13.2 Å². The Balaban J connectivity index is 0.00000400. The average molecular weight is 319 g/mol. The molecule has 0 aliphatic rings. The molecule has 0 fully saturated rings. The van der Waals surface area contributed by atoms with Gasteiger partial charge >= 0.3 is 5.97 Å². The quantitative estimate of drug-likeness (QED) is 0.807. The van der Waals surface area contributed by atoms with Gasteiger partial charge in [-0.15, -0.1) is 12.4 Å². The lowest BCUT2D eigenvalue weighted by atomic mass is 10.2. The van der Waals surface area contributed by atoms with Crippen molar-refractivity contribution in [3.8, 4) is 0 Å². The summed E-state index contributed by atoms with van der Waals surface area (Å²) in [5.41, 5.74) is 6.27. The topological polar surface area (TPSA) is 72.6 Å². The summed E-state index contributed by atoms with van der Waals surface area (Å²) in [6, 6.07) is 5.00. The third kappa shape index (κ3) is 6.55. The van der Waals surface area contributed by atoms with E-state index >= 15 is 0 Å². The number of benzene rings is 1. The van der Waals surface area contributed by atoms with Crippen LogP contribution in [0.5, 0.6) is 0 Å². The molecule has 0 radical (unpaired) electrons. The van der Waals surface area contributed by atoms with Gasteiger partial charge in [-0.3, -0.25) is 9.59 Å². The van der Waals surface area contributed by atoms with Gasteiger partial charge in [0, 0.05) is 6.54 Å². The van der Waals surface area contributed by atoms with E-state index < -0.39 is 12.0 Å². The number of nitrogens with zero attached hydrogens (tertiary/aromatic N) is 1. The normalized spacial score (nSPS) is 11.2. The minimum Gasteiger partial charge on any atom is -0.465 e. The van der Waals surface area contributed by atoms with Gasteiger partial charge < -0.3 is 15.4 Å². The van der Waals surface area contributed by atoms with E-state index in [4.69, 9.17) is 10.5 Å². The Hall–Kier alpha value is -1.66. The van der Waals surface area contributed by atoms with Crippen molar-refractivity contribution in [1.29, 1.82) is 0 Å². The van der Waals surface area contributed by atoms with Gasteiger partial charge in [-0.2, -0.15) is 0 Å². The molecule has 5 nitrogen and oxygen atoms in total. The number of hydrogen-bond donors (Lipinski definition) is 1. The van der Waals surface area contributed by atoms with Gasteiger partial charge in [0.15, 0.2) is 0 Å². The van der Waals surface area contributed by atoms with Gasteiger partial charge in [-0.25, -0.2) is 4.39 Å². The molecule has 21 heavy (non-hydrogen) atoms. The molecular formula is C14H20ClFN2O3. The Bertz CT molecular complexity index is 466. The van der Waals surface area contributed by atoms with Crippen molar-refractivity contribution < 1.29 is 18.7 Å². The van der Waals surface area contributed by atoms with Gasteiger partial charge in [0.05, 0.1) is 12.6 Å². The third-order valence-electron chi connectivity index (χ3n) is 2.61. The number of halogens is 2. The molecule has 118 valence electrons. The Morgan fingerprint density at radius 1 is 1.33 bits per heavy atom. The summed E-state index contributed by atoms with van der Waals surface area (Å²) in [6.45, 7) is 3.49. The largest absolute Gasteiger partial charge is 0.465 e. The van der Waals surface area contributed by atoms with E-state index in [9.17, 15) is 14.0 Å². The Labute approximate surface area is 129 Å². The number of hydrogen-bond acceptors (Lipinski definition) is 4. The molecule has 0 aliphatic heterocycles. The van der Waals surface area contributed by atoms with E-state index in [1.54, 1.807) is 26.0 Å². The molecule has 1 aromatic rings. The molecule has 0 aromatic heterocycles. The van der Waals surface area contributed by atoms with E-state index in [1.165, 1.54) is 17.0 Å². The van der Waals surface area contributed by atoms with E-state index in [0.29, 0.717) is 5.56 Å². The lowest BCUT2D eigenvalue weighted by Gasteiger charge is -2.23. The fourth-order valence-electron chi connectivity index (χ4n) is 1.67. The first-order valence-electron chi connectivity index (χ1n) is 6.38. The standard InChI is InChI=1S/C14H19FN2O3.ClH/c1-3-20-13(18)9-17(14(19)10(2)16)8-11-4-6-12(15)7-5-11;/h4-7,10H,3,8-9,16H2,1-2H3;1H. The van der Waals surface area contributed by atoms with Gasteiger partial charge in [-0.05, 0) is 31.5 Å². The van der Waals surface area contributed by atoms with Crippen molar-refractivity contribution in [2.24, 2.45) is 5.73 Å². The maximum atomic E-state index is 12.8. The summed E-state index contributed by atoms with van der Waals surface area (Å²) < 4.78 is 17.7. The second-order valence-electron chi connectivity index (χ2n) is 4.41. The fraction of sp³-hybridized carbons (Fsp3) is 0.429. The summed E-state index contributed by atoms with van der Waals surface area (Å²) in [5, 5.41) is 0. The Morgan fingerprint density at radius 2 is 1.90 bits per heavy atom. The van der Waals surface area contributed by atoms with Crippen molar-refractivity contribution in [3.05, 3.63) is 35.6 Å². The van der Waals surface area contributed by atoms with Crippen LogP contribution in [0.4, 0.5) is 4.39 Å².